The van der Waals surface area contributed by atoms with Gasteiger partial charge in [-0.15, -0.1) is 0 Å². The number of nitrogens with one attached hydrogen (secondary N) is 2. The van der Waals surface area contributed by atoms with Crippen LogP contribution in [-0.4, -0.2) is 21.4 Å². The van der Waals surface area contributed by atoms with Crippen molar-refractivity contribution in [3.8, 4) is 5.75 Å². The molecule has 0 fully saturated rings. The summed E-state index contributed by atoms with van der Waals surface area (Å²) in [5, 5.41) is 2.58. The summed E-state index contributed by atoms with van der Waals surface area (Å²) in [7, 11) is -2.45. The van der Waals surface area contributed by atoms with Crippen molar-refractivity contribution in [2.24, 2.45) is 0 Å². The minimum atomic E-state index is -4.45. The van der Waals surface area contributed by atoms with Crippen molar-refractivity contribution >= 4 is 27.3 Å². The molecular formula is C23H21F3N2O4S. The Hall–Kier alpha value is -3.53. The third kappa shape index (κ3) is 6.26. The number of carbonyl (C=O) groups excluding carboxylic acids is 1. The van der Waals surface area contributed by atoms with Gasteiger partial charge < -0.3 is 10.1 Å². The molecular weight excluding hydrogens is 457 g/mol. The molecule has 0 aliphatic rings. The molecule has 174 valence electrons. The number of benzene rings is 3. The molecule has 0 bridgehead atoms. The van der Waals surface area contributed by atoms with E-state index in [-0.39, 0.29) is 17.0 Å². The maximum atomic E-state index is 12.9. The number of methoxy groups -OCH3 is 1. The van der Waals surface area contributed by atoms with E-state index in [0.29, 0.717) is 22.6 Å². The summed E-state index contributed by atoms with van der Waals surface area (Å²) in [6.07, 6.45) is -4.62. The van der Waals surface area contributed by atoms with Crippen LogP contribution < -0.4 is 14.8 Å². The van der Waals surface area contributed by atoms with Crippen LogP contribution in [0, 0.1) is 6.92 Å². The number of aryl methyl sites for hydroxylation is 1. The van der Waals surface area contributed by atoms with Crippen molar-refractivity contribution in [3.63, 3.8) is 0 Å². The van der Waals surface area contributed by atoms with Crippen LogP contribution in [0.5, 0.6) is 5.75 Å². The lowest BCUT2D eigenvalue weighted by atomic mass is 10.1. The summed E-state index contributed by atoms with van der Waals surface area (Å²) in [6.45, 7) is 1.62. The number of rotatable bonds is 7. The lowest BCUT2D eigenvalue weighted by molar-refractivity contribution is -0.137. The fraction of sp³-hybridized carbons (Fsp3) is 0.174. The highest BCUT2D eigenvalue weighted by atomic mass is 32.2. The molecule has 0 aliphatic carbocycles. The van der Waals surface area contributed by atoms with Crippen LogP contribution in [0.25, 0.3) is 0 Å². The Morgan fingerprint density at radius 2 is 1.55 bits per heavy atom. The van der Waals surface area contributed by atoms with Gasteiger partial charge in [-0.2, -0.15) is 13.2 Å². The summed E-state index contributed by atoms with van der Waals surface area (Å²) in [5.41, 5.74) is 0.641. The Kier molecular flexibility index (Phi) is 6.97. The molecule has 0 atom stereocenters. The zero-order chi connectivity index (χ0) is 24.2. The van der Waals surface area contributed by atoms with E-state index in [1.165, 1.54) is 25.3 Å². The zero-order valence-corrected chi connectivity index (χ0v) is 18.5. The summed E-state index contributed by atoms with van der Waals surface area (Å²) < 4.78 is 71.3. The summed E-state index contributed by atoms with van der Waals surface area (Å²) in [5.74, 6) is 0.0805. The smallest absolute Gasteiger partial charge is 0.416 e. The number of carbonyl (C=O) groups is 1. The molecule has 0 saturated heterocycles. The van der Waals surface area contributed by atoms with Crippen molar-refractivity contribution in [2.75, 3.05) is 17.1 Å². The molecule has 0 aromatic heterocycles. The average molecular weight is 478 g/mol. The lowest BCUT2D eigenvalue weighted by Gasteiger charge is -2.13. The number of amides is 1. The van der Waals surface area contributed by atoms with E-state index in [4.69, 9.17) is 4.74 Å². The van der Waals surface area contributed by atoms with Gasteiger partial charge in [-0.1, -0.05) is 18.2 Å². The molecule has 0 unspecified atom stereocenters. The van der Waals surface area contributed by atoms with Crippen LogP contribution in [-0.2, 0) is 27.4 Å². The molecule has 33 heavy (non-hydrogen) atoms. The maximum Gasteiger partial charge on any atom is 0.416 e. The number of hydrogen-bond acceptors (Lipinski definition) is 4. The molecule has 10 heteroatoms. The van der Waals surface area contributed by atoms with Gasteiger partial charge in [0.25, 0.3) is 10.0 Å². The van der Waals surface area contributed by atoms with Crippen LogP contribution in [0.3, 0.4) is 0 Å². The van der Waals surface area contributed by atoms with Crippen molar-refractivity contribution in [3.05, 3.63) is 83.4 Å². The number of anilines is 2. The SMILES string of the molecule is COc1ccc(NS(=O)(=O)c2cc(NC(=O)Cc3ccc(C(F)(F)F)cc3)ccc2C)cc1. The van der Waals surface area contributed by atoms with E-state index >= 15 is 0 Å². The summed E-state index contributed by atoms with van der Waals surface area (Å²) in [4.78, 5) is 12.3. The van der Waals surface area contributed by atoms with Gasteiger partial charge in [0.15, 0.2) is 0 Å². The van der Waals surface area contributed by atoms with E-state index in [1.54, 1.807) is 43.3 Å². The maximum absolute atomic E-state index is 12.9. The molecule has 0 aliphatic heterocycles. The van der Waals surface area contributed by atoms with Gasteiger partial charge in [-0.25, -0.2) is 8.42 Å². The number of ether oxygens (including phenoxy) is 1. The summed E-state index contributed by atoms with van der Waals surface area (Å²) >= 11 is 0. The zero-order valence-electron chi connectivity index (χ0n) is 17.7. The van der Waals surface area contributed by atoms with E-state index in [0.717, 1.165) is 12.1 Å². The first-order chi connectivity index (χ1) is 15.5. The van der Waals surface area contributed by atoms with Crippen LogP contribution >= 0.6 is 0 Å². The fourth-order valence-corrected chi connectivity index (χ4v) is 4.37. The second-order valence-electron chi connectivity index (χ2n) is 7.23. The number of hydrogen-bond donors (Lipinski definition) is 2. The normalized spacial score (nSPS) is 11.7. The minimum Gasteiger partial charge on any atom is -0.497 e. The topological polar surface area (TPSA) is 84.5 Å². The van der Waals surface area contributed by atoms with E-state index in [2.05, 4.69) is 10.0 Å². The van der Waals surface area contributed by atoms with E-state index in [1.807, 2.05) is 0 Å². The van der Waals surface area contributed by atoms with E-state index in [9.17, 15) is 26.4 Å². The quantitative estimate of drug-likeness (QED) is 0.500. The molecule has 3 rings (SSSR count). The highest BCUT2D eigenvalue weighted by molar-refractivity contribution is 7.92. The van der Waals surface area contributed by atoms with Crippen molar-refractivity contribution in [1.29, 1.82) is 0 Å². The molecule has 3 aromatic rings. The highest BCUT2D eigenvalue weighted by Gasteiger charge is 2.30. The van der Waals surface area contributed by atoms with Gasteiger partial charge >= 0.3 is 6.18 Å². The first kappa shape index (κ1) is 24.1. The predicted molar refractivity (Wildman–Crippen MR) is 119 cm³/mol. The minimum absolute atomic E-state index is 0.0225. The number of halogens is 3. The molecule has 0 heterocycles. The second-order valence-corrected chi connectivity index (χ2v) is 8.88. The number of sulfonamides is 1. The Morgan fingerprint density at radius 3 is 2.12 bits per heavy atom. The van der Waals surface area contributed by atoms with E-state index < -0.39 is 27.7 Å². The molecule has 0 saturated carbocycles. The Morgan fingerprint density at radius 1 is 0.939 bits per heavy atom. The fourth-order valence-electron chi connectivity index (χ4n) is 3.04. The van der Waals surface area contributed by atoms with Crippen LogP contribution in [0.15, 0.2) is 71.6 Å². The standard InChI is InChI=1S/C23H21F3N2O4S/c1-15-3-8-19(27-22(29)13-16-4-6-17(7-5-16)23(24,25)26)14-21(15)33(30,31)28-18-9-11-20(32-2)12-10-18/h3-12,14,28H,13H2,1-2H3,(H,27,29). The van der Waals surface area contributed by atoms with Crippen LogP contribution in [0.1, 0.15) is 16.7 Å². The number of alkyl halides is 3. The van der Waals surface area contributed by atoms with Crippen LogP contribution in [0.2, 0.25) is 0 Å². The van der Waals surface area contributed by atoms with Crippen LogP contribution in [0.4, 0.5) is 24.5 Å². The third-order valence-electron chi connectivity index (χ3n) is 4.75. The third-order valence-corrected chi connectivity index (χ3v) is 6.27. The largest absolute Gasteiger partial charge is 0.497 e. The van der Waals surface area contributed by atoms with Crippen molar-refractivity contribution in [2.45, 2.75) is 24.4 Å². The monoisotopic (exact) mass is 478 g/mol. The van der Waals surface area contributed by atoms with Gasteiger partial charge in [-0.05, 0) is 66.6 Å². The Labute approximate surface area is 189 Å². The predicted octanol–water partition coefficient (Wildman–Crippen LogP) is 5.00. The van der Waals surface area contributed by atoms with Gasteiger partial charge in [0.1, 0.15) is 5.75 Å². The van der Waals surface area contributed by atoms with Gasteiger partial charge in [-0.3, -0.25) is 9.52 Å². The molecule has 2 N–H and O–H groups in total. The Bertz CT molecular complexity index is 1240. The average Bonchev–Trinajstić information content (AvgIpc) is 2.75. The molecule has 1 amide bonds. The lowest BCUT2D eigenvalue weighted by Crippen LogP contribution is -2.17. The van der Waals surface area contributed by atoms with Gasteiger partial charge in [0, 0.05) is 11.4 Å². The Balaban J connectivity index is 1.73. The highest BCUT2D eigenvalue weighted by Crippen LogP contribution is 2.29. The van der Waals surface area contributed by atoms with Crippen molar-refractivity contribution < 1.29 is 31.1 Å². The molecule has 0 spiro atoms. The molecule has 0 radical (unpaired) electrons. The summed E-state index contributed by atoms with van der Waals surface area (Å²) in [6, 6.07) is 15.0. The second kappa shape index (κ2) is 9.53. The first-order valence-corrected chi connectivity index (χ1v) is 11.2. The van der Waals surface area contributed by atoms with Gasteiger partial charge in [0.2, 0.25) is 5.91 Å². The first-order valence-electron chi connectivity index (χ1n) is 9.71. The molecule has 3 aromatic carbocycles. The molecule has 6 nitrogen and oxygen atoms in total. The van der Waals surface area contributed by atoms with Gasteiger partial charge in [0.05, 0.1) is 24.0 Å². The van der Waals surface area contributed by atoms with Crippen molar-refractivity contribution in [1.82, 2.24) is 0 Å².